The van der Waals surface area contributed by atoms with Crippen LogP contribution < -0.4 is 26.6 Å². The van der Waals surface area contributed by atoms with Gasteiger partial charge in [0.25, 0.3) is 5.91 Å². The van der Waals surface area contributed by atoms with Crippen LogP contribution in [0.5, 0.6) is 0 Å². The summed E-state index contributed by atoms with van der Waals surface area (Å²) in [4.78, 5) is 105. The second-order valence-corrected chi connectivity index (χ2v) is 22.8. The van der Waals surface area contributed by atoms with Crippen LogP contribution in [0.4, 0.5) is 21.7 Å². The van der Waals surface area contributed by atoms with Crippen LogP contribution in [0.2, 0.25) is 0 Å². The minimum Gasteiger partial charge on any atom is -0.468 e. The number of nitrogens with zero attached hydrogens (tertiary/aromatic N) is 10. The first-order valence-corrected chi connectivity index (χ1v) is 28.8. The summed E-state index contributed by atoms with van der Waals surface area (Å²) in [6.45, 7) is 3.94. The van der Waals surface area contributed by atoms with Gasteiger partial charge in [-0.3, -0.25) is 42.9 Å². The van der Waals surface area contributed by atoms with Gasteiger partial charge in [0.1, 0.15) is 24.7 Å². The Labute approximate surface area is 480 Å². The van der Waals surface area contributed by atoms with Gasteiger partial charge in [0, 0.05) is 113 Å². The number of aromatic nitrogens is 6. The Morgan fingerprint density at radius 3 is 2.29 bits per heavy atom. The first-order chi connectivity index (χ1) is 40.0. The summed E-state index contributed by atoms with van der Waals surface area (Å²) in [5.74, 6) is -1.39. The van der Waals surface area contributed by atoms with E-state index in [0.717, 1.165) is 99.0 Å². The number of fused-ring (bicyclic) bond motifs is 2. The number of ether oxygens (including phenoxy) is 1. The van der Waals surface area contributed by atoms with Gasteiger partial charge >= 0.3 is 5.97 Å². The number of benzene rings is 3. The van der Waals surface area contributed by atoms with E-state index in [1.807, 2.05) is 29.2 Å². The summed E-state index contributed by atoms with van der Waals surface area (Å²) >= 11 is 0. The van der Waals surface area contributed by atoms with Crippen molar-refractivity contribution in [2.24, 2.45) is 18.2 Å². The van der Waals surface area contributed by atoms with Crippen LogP contribution in [0.25, 0.3) is 32.9 Å². The Balaban J connectivity index is 0.641. The lowest BCUT2D eigenvalue weighted by molar-refractivity contribution is -0.152. The van der Waals surface area contributed by atoms with Crippen molar-refractivity contribution in [3.05, 3.63) is 89.8 Å². The molecule has 438 valence electrons. The van der Waals surface area contributed by atoms with Crippen molar-refractivity contribution in [2.45, 2.75) is 102 Å². The summed E-state index contributed by atoms with van der Waals surface area (Å²) in [6.07, 6.45) is 12.7. The molecule has 6 aromatic rings. The van der Waals surface area contributed by atoms with E-state index in [9.17, 15) is 33.6 Å². The largest absolute Gasteiger partial charge is 0.468 e. The zero-order valence-corrected chi connectivity index (χ0v) is 47.5. The number of rotatable bonds is 22. The molecule has 23 heteroatoms. The number of anilines is 3. The van der Waals surface area contributed by atoms with Crippen LogP contribution in [0.1, 0.15) is 117 Å². The molecule has 83 heavy (non-hydrogen) atoms. The van der Waals surface area contributed by atoms with Gasteiger partial charge < -0.3 is 46.0 Å². The second-order valence-electron chi connectivity index (χ2n) is 22.8. The Morgan fingerprint density at radius 1 is 0.807 bits per heavy atom. The molecule has 4 aliphatic rings. The van der Waals surface area contributed by atoms with Crippen LogP contribution >= 0.6 is 0 Å². The SMILES string of the molecule is COC(=O)CNC(=O)CN(C)C(=O)Cn1nc(C2CC3(C2)CN(C(=O)CCC(=O)NCCCCCC(=O)N2CCC(c4ccc(Nc5nc(N6CCCCC6)cnc5C(N)=O)cc4)CC2)C3)c2c(-c3cc4c(cnn4C)cc3F)cccc21. The smallest absolute Gasteiger partial charge is 0.325 e. The van der Waals surface area contributed by atoms with Crippen molar-refractivity contribution >= 4 is 80.5 Å². The van der Waals surface area contributed by atoms with Crippen molar-refractivity contribution in [3.63, 3.8) is 0 Å². The quantitative estimate of drug-likeness (QED) is 0.0472. The Bertz CT molecular complexity index is 3410. The third-order valence-electron chi connectivity index (χ3n) is 17.0. The number of nitrogens with two attached hydrogens (primary N) is 1. The molecule has 1 aliphatic carbocycles. The predicted octanol–water partition coefficient (Wildman–Crippen LogP) is 5.67. The molecule has 3 saturated heterocycles. The number of methoxy groups -OCH3 is 1. The normalized spacial score (nSPS) is 16.1. The highest BCUT2D eigenvalue weighted by Crippen LogP contribution is 2.57. The number of esters is 1. The molecule has 1 saturated carbocycles. The number of carbonyl (C=O) groups is 7. The van der Waals surface area contributed by atoms with E-state index in [2.05, 4.69) is 47.8 Å². The average Bonchev–Trinajstić information content (AvgIpc) is 1.98. The molecular weight excluding hydrogens is 1060 g/mol. The molecule has 6 heterocycles. The number of carbonyl (C=O) groups excluding carboxylic acids is 7. The van der Waals surface area contributed by atoms with Crippen molar-refractivity contribution in [1.29, 1.82) is 0 Å². The number of primary amides is 1. The molecule has 5 N–H and O–H groups in total. The zero-order valence-electron chi connectivity index (χ0n) is 47.5. The summed E-state index contributed by atoms with van der Waals surface area (Å²) in [5.41, 5.74) is 10.7. The molecule has 22 nitrogen and oxygen atoms in total. The third kappa shape index (κ3) is 13.2. The molecule has 10 rings (SSSR count). The summed E-state index contributed by atoms with van der Waals surface area (Å²) < 4.78 is 23.9. The molecular formula is C60H73FN14O8. The van der Waals surface area contributed by atoms with Gasteiger partial charge in [-0.15, -0.1) is 0 Å². The van der Waals surface area contributed by atoms with Crippen LogP contribution in [0, 0.1) is 11.2 Å². The third-order valence-corrected chi connectivity index (χ3v) is 17.0. The van der Waals surface area contributed by atoms with E-state index in [4.69, 9.17) is 15.8 Å². The summed E-state index contributed by atoms with van der Waals surface area (Å²) in [7, 11) is 4.50. The van der Waals surface area contributed by atoms with E-state index >= 15 is 4.39 Å². The van der Waals surface area contributed by atoms with Gasteiger partial charge in [-0.2, -0.15) is 10.2 Å². The van der Waals surface area contributed by atoms with Crippen LogP contribution in [-0.2, 0) is 47.1 Å². The molecule has 1 spiro atoms. The Hall–Kier alpha value is -8.50. The number of nitrogens with one attached hydrogen (secondary N) is 3. The first kappa shape index (κ1) is 57.7. The van der Waals surface area contributed by atoms with Gasteiger partial charge in [0.05, 0.1) is 42.8 Å². The van der Waals surface area contributed by atoms with E-state index in [1.54, 1.807) is 45.8 Å². The lowest BCUT2D eigenvalue weighted by Crippen LogP contribution is -2.63. The molecule has 0 atom stereocenters. The predicted molar refractivity (Wildman–Crippen MR) is 309 cm³/mol. The highest BCUT2D eigenvalue weighted by molar-refractivity contribution is 6.00. The standard InChI is InChI=1S/C60H73FN14O8/c1-70(34-50(77)64-33-54(81)83-3)53(80)35-75-46-12-10-11-43(44-28-47-40(27-45(44)61)31-66-71(47)2)55(46)56(69-75)41-29-60(30-41)36-74(37-60)52(79)19-18-49(76)63-22-7-4-6-13-51(78)73-25-20-39(21-26-73)38-14-16-42(17-15-38)67-59-57(58(62)82)65-32-48(68-59)72-23-8-5-9-24-72/h10-12,14-17,27-28,31-32,39,41H,4-9,13,18-26,29-30,33-37H2,1-3H3,(H2,62,82)(H,63,76)(H,64,77)(H,67,68). The van der Waals surface area contributed by atoms with Gasteiger partial charge in [-0.1, -0.05) is 30.7 Å². The number of halogens is 1. The number of hydrogen-bond acceptors (Lipinski definition) is 14. The molecule has 0 radical (unpaired) electrons. The average molecular weight is 1140 g/mol. The number of likely N-dealkylation sites (N-methyl/N-ethyl adjacent to an activating group) is 1. The van der Waals surface area contributed by atoms with Crippen LogP contribution in [0.3, 0.4) is 0 Å². The van der Waals surface area contributed by atoms with Gasteiger partial charge in [-0.05, 0) is 105 Å². The fourth-order valence-corrected chi connectivity index (χ4v) is 12.3. The molecule has 3 aromatic heterocycles. The van der Waals surface area contributed by atoms with E-state index < -0.39 is 29.5 Å². The molecule has 6 amide bonds. The Kier molecular flexibility index (Phi) is 17.6. The molecule has 0 bridgehead atoms. The van der Waals surface area contributed by atoms with Crippen molar-refractivity contribution < 1.29 is 42.7 Å². The molecule has 3 aromatic carbocycles. The second kappa shape index (κ2) is 25.3. The molecule has 4 fully saturated rings. The van der Waals surface area contributed by atoms with Gasteiger partial charge in [0.2, 0.25) is 29.5 Å². The number of likely N-dealkylation sites (tertiary alicyclic amines) is 2. The van der Waals surface area contributed by atoms with Crippen LogP contribution in [0.15, 0.2) is 67.0 Å². The van der Waals surface area contributed by atoms with E-state index in [1.165, 1.54) is 37.1 Å². The zero-order chi connectivity index (χ0) is 58.4. The van der Waals surface area contributed by atoms with E-state index in [0.29, 0.717) is 72.9 Å². The van der Waals surface area contributed by atoms with Gasteiger partial charge in [0.15, 0.2) is 11.5 Å². The van der Waals surface area contributed by atoms with E-state index in [-0.39, 0.29) is 67.2 Å². The number of aryl methyl sites for hydroxylation is 1. The summed E-state index contributed by atoms with van der Waals surface area (Å²) in [5, 5.41) is 19.3. The Morgan fingerprint density at radius 2 is 1.55 bits per heavy atom. The maximum atomic E-state index is 16.0. The topological polar surface area (TPSA) is 265 Å². The fraction of sp³-hybridized carbons (Fsp3) is 0.483. The maximum Gasteiger partial charge on any atom is 0.325 e. The maximum absolute atomic E-state index is 16.0. The lowest BCUT2D eigenvalue weighted by atomic mass is 9.56. The van der Waals surface area contributed by atoms with Crippen molar-refractivity contribution in [1.82, 2.24) is 54.9 Å². The highest BCUT2D eigenvalue weighted by Gasteiger charge is 2.55. The van der Waals surface area contributed by atoms with Gasteiger partial charge in [-0.25, -0.2) is 14.4 Å². The first-order valence-electron chi connectivity index (χ1n) is 28.8. The highest BCUT2D eigenvalue weighted by atomic mass is 19.1. The number of amides is 6. The molecule has 0 unspecified atom stereocenters. The van der Waals surface area contributed by atoms with Crippen molar-refractivity contribution in [2.75, 3.05) is 83.3 Å². The van der Waals surface area contributed by atoms with Crippen LogP contribution in [-0.4, -0.2) is 159 Å². The summed E-state index contributed by atoms with van der Waals surface area (Å²) in [6, 6.07) is 16.8. The molecule has 3 aliphatic heterocycles. The minimum atomic E-state index is -0.644. The monoisotopic (exact) mass is 1140 g/mol. The number of unbranched alkanes of at least 4 members (excludes halogenated alkanes) is 2. The number of hydrogen-bond donors (Lipinski definition) is 4. The van der Waals surface area contributed by atoms with Crippen molar-refractivity contribution in [3.8, 4) is 11.1 Å². The lowest BCUT2D eigenvalue weighted by Gasteiger charge is -2.59. The minimum absolute atomic E-state index is 0.0440. The fourth-order valence-electron chi connectivity index (χ4n) is 12.3. The number of piperidine rings is 2.